The van der Waals surface area contributed by atoms with E-state index >= 15 is 0 Å². The van der Waals surface area contributed by atoms with Crippen LogP contribution in [-0.2, 0) is 4.74 Å². The summed E-state index contributed by atoms with van der Waals surface area (Å²) in [4.78, 5) is 12.1. The lowest BCUT2D eigenvalue weighted by Gasteiger charge is -2.13. The van der Waals surface area contributed by atoms with E-state index in [1.54, 1.807) is 6.92 Å². The molecule has 0 atom stereocenters. The maximum Gasteiger partial charge on any atom is 0.361 e. The first-order valence-electron chi connectivity index (χ1n) is 7.49. The van der Waals surface area contributed by atoms with Gasteiger partial charge >= 0.3 is 5.97 Å². The number of nitrogens with zero attached hydrogens (tertiary/aromatic N) is 3. The summed E-state index contributed by atoms with van der Waals surface area (Å²) >= 11 is 0. The Hall–Kier alpha value is -2.17. The lowest BCUT2D eigenvalue weighted by atomic mass is 10.1. The molecule has 0 radical (unpaired) electrons. The summed E-state index contributed by atoms with van der Waals surface area (Å²) in [6, 6.07) is 10.2. The summed E-state index contributed by atoms with van der Waals surface area (Å²) in [6.07, 6.45) is 4.58. The first-order chi connectivity index (χ1) is 10.3. The van der Waals surface area contributed by atoms with Crippen molar-refractivity contribution in [3.63, 3.8) is 0 Å². The van der Waals surface area contributed by atoms with Crippen LogP contribution in [-0.4, -0.2) is 27.6 Å². The normalized spacial score (nSPS) is 15.3. The van der Waals surface area contributed by atoms with Gasteiger partial charge < -0.3 is 4.74 Å². The molecular formula is C16H19N3O2. The predicted molar refractivity (Wildman–Crippen MR) is 78.9 cm³/mol. The van der Waals surface area contributed by atoms with E-state index in [0.29, 0.717) is 18.3 Å². The van der Waals surface area contributed by atoms with E-state index in [2.05, 4.69) is 10.3 Å². The predicted octanol–water partition coefficient (Wildman–Crippen LogP) is 3.24. The Bertz CT molecular complexity index is 616. The van der Waals surface area contributed by atoms with Gasteiger partial charge in [-0.1, -0.05) is 48.4 Å². The van der Waals surface area contributed by atoms with E-state index < -0.39 is 5.97 Å². The van der Waals surface area contributed by atoms with Gasteiger partial charge in [-0.05, 0) is 19.8 Å². The molecule has 0 N–H and O–H groups in total. The number of hydrogen-bond acceptors (Lipinski definition) is 4. The maximum atomic E-state index is 12.1. The highest BCUT2D eigenvalue weighted by molar-refractivity contribution is 5.94. The molecule has 1 saturated carbocycles. The first-order valence-corrected chi connectivity index (χ1v) is 7.49. The Labute approximate surface area is 123 Å². The van der Waals surface area contributed by atoms with Crippen LogP contribution in [0.15, 0.2) is 30.3 Å². The first kappa shape index (κ1) is 13.8. The molecule has 1 fully saturated rings. The van der Waals surface area contributed by atoms with Crippen LogP contribution >= 0.6 is 0 Å². The molecular weight excluding hydrogens is 266 g/mol. The largest absolute Gasteiger partial charge is 0.461 e. The Morgan fingerprint density at radius 3 is 2.67 bits per heavy atom. The molecule has 5 heteroatoms. The van der Waals surface area contributed by atoms with E-state index in [4.69, 9.17) is 4.74 Å². The highest BCUT2D eigenvalue weighted by Gasteiger charge is 2.27. The van der Waals surface area contributed by atoms with Gasteiger partial charge in [-0.2, -0.15) is 0 Å². The third kappa shape index (κ3) is 2.68. The van der Waals surface area contributed by atoms with E-state index in [1.165, 1.54) is 12.8 Å². The zero-order valence-electron chi connectivity index (χ0n) is 12.2. The summed E-state index contributed by atoms with van der Waals surface area (Å²) in [5.74, 6) is -0.402. The number of carbonyl (C=O) groups excluding carboxylic acids is 1. The van der Waals surface area contributed by atoms with Crippen molar-refractivity contribution < 1.29 is 9.53 Å². The van der Waals surface area contributed by atoms with Gasteiger partial charge in [0, 0.05) is 5.56 Å². The summed E-state index contributed by atoms with van der Waals surface area (Å²) in [5.41, 5.74) is 2.05. The summed E-state index contributed by atoms with van der Waals surface area (Å²) in [5, 5.41) is 8.34. The van der Waals surface area contributed by atoms with Gasteiger partial charge in [0.1, 0.15) is 5.69 Å². The fraction of sp³-hybridized carbons (Fsp3) is 0.438. The molecule has 3 rings (SSSR count). The molecule has 21 heavy (non-hydrogen) atoms. The van der Waals surface area contributed by atoms with Crippen LogP contribution in [0.25, 0.3) is 11.3 Å². The zero-order valence-corrected chi connectivity index (χ0v) is 12.2. The highest BCUT2D eigenvalue weighted by Crippen LogP contribution is 2.34. The molecule has 1 aliphatic rings. The molecule has 2 aromatic rings. The number of aromatic nitrogens is 3. The number of ether oxygens (including phenoxy) is 1. The number of rotatable bonds is 4. The minimum absolute atomic E-state index is 0.315. The molecule has 0 spiro atoms. The molecule has 0 amide bonds. The van der Waals surface area contributed by atoms with Gasteiger partial charge in [0.05, 0.1) is 12.6 Å². The molecule has 5 nitrogen and oxygen atoms in total. The van der Waals surface area contributed by atoms with Crippen molar-refractivity contribution in [3.8, 4) is 11.3 Å². The molecule has 1 aromatic carbocycles. The molecule has 0 bridgehead atoms. The van der Waals surface area contributed by atoms with Crippen LogP contribution < -0.4 is 0 Å². The van der Waals surface area contributed by atoms with E-state index in [0.717, 1.165) is 24.1 Å². The van der Waals surface area contributed by atoms with E-state index in [1.807, 2.05) is 35.0 Å². The second-order valence-corrected chi connectivity index (χ2v) is 5.26. The van der Waals surface area contributed by atoms with Gasteiger partial charge in [-0.15, -0.1) is 5.10 Å². The van der Waals surface area contributed by atoms with Gasteiger partial charge in [0.2, 0.25) is 0 Å². The second kappa shape index (κ2) is 6.08. The van der Waals surface area contributed by atoms with Crippen molar-refractivity contribution in [2.45, 2.75) is 38.6 Å². The van der Waals surface area contributed by atoms with Crippen LogP contribution in [0, 0.1) is 0 Å². The quantitative estimate of drug-likeness (QED) is 0.809. The Morgan fingerprint density at radius 2 is 2.00 bits per heavy atom. The van der Waals surface area contributed by atoms with Crippen LogP contribution in [0.4, 0.5) is 0 Å². The van der Waals surface area contributed by atoms with Crippen molar-refractivity contribution >= 4 is 5.97 Å². The van der Waals surface area contributed by atoms with E-state index in [-0.39, 0.29) is 0 Å². The van der Waals surface area contributed by atoms with Crippen LogP contribution in [0.2, 0.25) is 0 Å². The minimum Gasteiger partial charge on any atom is -0.461 e. The van der Waals surface area contributed by atoms with Crippen molar-refractivity contribution in [3.05, 3.63) is 36.0 Å². The standard InChI is InChI=1S/C16H19N3O2/c1-2-21-16(20)14-15(12-8-4-3-5-9-12)19(18-17-14)13-10-6-7-11-13/h3-5,8-9,13H,2,6-7,10-11H2,1H3. The van der Waals surface area contributed by atoms with E-state index in [9.17, 15) is 4.79 Å². The van der Waals surface area contributed by atoms with Crippen molar-refractivity contribution in [1.29, 1.82) is 0 Å². The van der Waals surface area contributed by atoms with Gasteiger partial charge in [0.15, 0.2) is 5.69 Å². The molecule has 1 aliphatic carbocycles. The maximum absolute atomic E-state index is 12.1. The second-order valence-electron chi connectivity index (χ2n) is 5.26. The Balaban J connectivity index is 2.07. The smallest absolute Gasteiger partial charge is 0.361 e. The molecule has 1 heterocycles. The topological polar surface area (TPSA) is 57.0 Å². The Kier molecular flexibility index (Phi) is 3.99. The number of carbonyl (C=O) groups is 1. The molecule has 0 aliphatic heterocycles. The van der Waals surface area contributed by atoms with Crippen molar-refractivity contribution in [1.82, 2.24) is 15.0 Å². The fourth-order valence-corrected chi connectivity index (χ4v) is 2.90. The monoisotopic (exact) mass is 285 g/mol. The van der Waals surface area contributed by atoms with Gasteiger partial charge in [0.25, 0.3) is 0 Å². The third-order valence-corrected chi connectivity index (χ3v) is 3.88. The highest BCUT2D eigenvalue weighted by atomic mass is 16.5. The summed E-state index contributed by atoms with van der Waals surface area (Å²) < 4.78 is 7.02. The average Bonchev–Trinajstić information content (AvgIpc) is 3.17. The zero-order chi connectivity index (χ0) is 14.7. The lowest BCUT2D eigenvalue weighted by molar-refractivity contribution is 0.0520. The van der Waals surface area contributed by atoms with Crippen LogP contribution in [0.5, 0.6) is 0 Å². The third-order valence-electron chi connectivity index (χ3n) is 3.88. The fourth-order valence-electron chi connectivity index (χ4n) is 2.90. The molecule has 1 aromatic heterocycles. The molecule has 0 unspecified atom stereocenters. The number of esters is 1. The number of benzene rings is 1. The lowest BCUT2D eigenvalue weighted by Crippen LogP contribution is -2.11. The van der Waals surface area contributed by atoms with Gasteiger partial charge in [-0.3, -0.25) is 0 Å². The van der Waals surface area contributed by atoms with Crippen molar-refractivity contribution in [2.24, 2.45) is 0 Å². The average molecular weight is 285 g/mol. The Morgan fingerprint density at radius 1 is 1.29 bits per heavy atom. The number of hydrogen-bond donors (Lipinski definition) is 0. The van der Waals surface area contributed by atoms with Crippen LogP contribution in [0.3, 0.4) is 0 Å². The molecule has 110 valence electrons. The SMILES string of the molecule is CCOC(=O)c1nnn(C2CCCC2)c1-c1ccccc1. The van der Waals surface area contributed by atoms with Crippen LogP contribution in [0.1, 0.15) is 49.1 Å². The minimum atomic E-state index is -0.402. The summed E-state index contributed by atoms with van der Waals surface area (Å²) in [7, 11) is 0. The molecule has 0 saturated heterocycles. The van der Waals surface area contributed by atoms with Gasteiger partial charge in [-0.25, -0.2) is 9.48 Å². The summed E-state index contributed by atoms with van der Waals surface area (Å²) in [6.45, 7) is 2.13. The van der Waals surface area contributed by atoms with Crippen molar-refractivity contribution in [2.75, 3.05) is 6.61 Å².